The van der Waals surface area contributed by atoms with Crippen LogP contribution in [0.25, 0.3) is 10.8 Å². The molecule has 1 aromatic heterocycles. The SMILES string of the molecule is COc1ccccc1CNC(=O)Cn1nc(C(=O)O)c2ccccc2c1=O. The fourth-order valence-electron chi connectivity index (χ4n) is 2.74. The molecule has 0 saturated heterocycles. The number of benzene rings is 2. The number of rotatable bonds is 6. The first kappa shape index (κ1) is 18.1. The Morgan fingerprint density at radius 2 is 1.78 bits per heavy atom. The zero-order chi connectivity index (χ0) is 19.4. The van der Waals surface area contributed by atoms with E-state index in [-0.39, 0.29) is 29.6 Å². The van der Waals surface area contributed by atoms with Crippen LogP contribution < -0.4 is 15.6 Å². The van der Waals surface area contributed by atoms with Crippen molar-refractivity contribution in [3.63, 3.8) is 0 Å². The molecule has 0 saturated carbocycles. The minimum atomic E-state index is -1.27. The summed E-state index contributed by atoms with van der Waals surface area (Å²) in [5.74, 6) is -1.11. The first-order chi connectivity index (χ1) is 13.0. The Kier molecular flexibility index (Phi) is 5.16. The van der Waals surface area contributed by atoms with Gasteiger partial charge in [-0.25, -0.2) is 9.48 Å². The monoisotopic (exact) mass is 367 g/mol. The Morgan fingerprint density at radius 3 is 2.48 bits per heavy atom. The van der Waals surface area contributed by atoms with Crippen LogP contribution >= 0.6 is 0 Å². The third-order valence-electron chi connectivity index (χ3n) is 4.03. The zero-order valence-corrected chi connectivity index (χ0v) is 14.5. The maximum absolute atomic E-state index is 12.5. The van der Waals surface area contributed by atoms with Crippen molar-refractivity contribution in [1.82, 2.24) is 15.1 Å². The number of methoxy groups -OCH3 is 1. The number of nitrogens with zero attached hydrogens (tertiary/aromatic N) is 2. The average Bonchev–Trinajstić information content (AvgIpc) is 2.68. The topological polar surface area (TPSA) is 111 Å². The van der Waals surface area contributed by atoms with Crippen LogP contribution in [0, 0.1) is 0 Å². The Labute approximate surface area is 154 Å². The number of nitrogens with one attached hydrogen (secondary N) is 1. The minimum absolute atomic E-state index is 0.197. The Bertz CT molecular complexity index is 1070. The second-order valence-electron chi connectivity index (χ2n) is 5.75. The van der Waals surface area contributed by atoms with E-state index in [1.807, 2.05) is 18.2 Å². The number of aromatic nitrogens is 2. The lowest BCUT2D eigenvalue weighted by Crippen LogP contribution is -2.34. The van der Waals surface area contributed by atoms with E-state index in [0.29, 0.717) is 5.75 Å². The molecule has 0 radical (unpaired) electrons. The molecule has 1 amide bonds. The fraction of sp³-hybridized carbons (Fsp3) is 0.158. The number of carboxylic acids is 1. The number of para-hydroxylation sites is 1. The Balaban J connectivity index is 1.84. The lowest BCUT2D eigenvalue weighted by Gasteiger charge is -2.11. The molecule has 2 N–H and O–H groups in total. The van der Waals surface area contributed by atoms with Crippen LogP contribution in [0.1, 0.15) is 16.1 Å². The van der Waals surface area contributed by atoms with Crippen molar-refractivity contribution in [3.8, 4) is 5.75 Å². The molecule has 3 aromatic rings. The van der Waals surface area contributed by atoms with Crippen molar-refractivity contribution in [3.05, 3.63) is 70.1 Å². The molecule has 0 aliphatic heterocycles. The average molecular weight is 367 g/mol. The van der Waals surface area contributed by atoms with Gasteiger partial charge >= 0.3 is 5.97 Å². The van der Waals surface area contributed by atoms with Crippen LogP contribution in [0.15, 0.2) is 53.3 Å². The molecule has 8 nitrogen and oxygen atoms in total. The number of carbonyl (C=O) groups excluding carboxylic acids is 1. The molecular formula is C19H17N3O5. The van der Waals surface area contributed by atoms with Gasteiger partial charge in [0.15, 0.2) is 5.69 Å². The smallest absolute Gasteiger partial charge is 0.357 e. The number of hydrogen-bond donors (Lipinski definition) is 2. The molecule has 0 aliphatic carbocycles. The number of amides is 1. The van der Waals surface area contributed by atoms with Crippen molar-refractivity contribution >= 4 is 22.6 Å². The van der Waals surface area contributed by atoms with Crippen molar-refractivity contribution in [2.24, 2.45) is 0 Å². The lowest BCUT2D eigenvalue weighted by atomic mass is 10.1. The predicted molar refractivity (Wildman–Crippen MR) is 97.8 cm³/mol. The maximum atomic E-state index is 12.5. The Hall–Kier alpha value is -3.68. The lowest BCUT2D eigenvalue weighted by molar-refractivity contribution is -0.122. The second kappa shape index (κ2) is 7.69. The second-order valence-corrected chi connectivity index (χ2v) is 5.75. The fourth-order valence-corrected chi connectivity index (χ4v) is 2.74. The van der Waals surface area contributed by atoms with Crippen LogP contribution in [0.3, 0.4) is 0 Å². The molecular weight excluding hydrogens is 350 g/mol. The van der Waals surface area contributed by atoms with Crippen molar-refractivity contribution in [2.75, 3.05) is 7.11 Å². The number of aromatic carboxylic acids is 1. The standard InChI is InChI=1S/C19H17N3O5/c1-27-15-9-5-2-6-12(15)10-20-16(23)11-22-18(24)14-8-4-3-7-13(14)17(21-22)19(25)26/h2-9H,10-11H2,1H3,(H,20,23)(H,25,26). The van der Waals surface area contributed by atoms with Crippen LogP contribution in [-0.2, 0) is 17.9 Å². The van der Waals surface area contributed by atoms with E-state index in [4.69, 9.17) is 4.74 Å². The van der Waals surface area contributed by atoms with E-state index >= 15 is 0 Å². The van der Waals surface area contributed by atoms with Gasteiger partial charge in [0, 0.05) is 17.5 Å². The third-order valence-corrected chi connectivity index (χ3v) is 4.03. The summed E-state index contributed by atoms with van der Waals surface area (Å²) in [6.45, 7) is -0.184. The van der Waals surface area contributed by atoms with E-state index in [9.17, 15) is 19.5 Å². The molecule has 2 aromatic carbocycles. The highest BCUT2D eigenvalue weighted by Crippen LogP contribution is 2.16. The molecule has 8 heteroatoms. The van der Waals surface area contributed by atoms with E-state index < -0.39 is 17.4 Å². The van der Waals surface area contributed by atoms with Gasteiger partial charge in [0.25, 0.3) is 5.56 Å². The summed E-state index contributed by atoms with van der Waals surface area (Å²) in [6.07, 6.45) is 0. The summed E-state index contributed by atoms with van der Waals surface area (Å²) in [5, 5.41) is 16.3. The normalized spacial score (nSPS) is 10.6. The van der Waals surface area contributed by atoms with E-state index in [0.717, 1.165) is 10.2 Å². The molecule has 27 heavy (non-hydrogen) atoms. The molecule has 0 unspecified atom stereocenters. The first-order valence-electron chi connectivity index (χ1n) is 8.13. The molecule has 0 bridgehead atoms. The van der Waals surface area contributed by atoms with Gasteiger partial charge in [0.2, 0.25) is 5.91 Å². The van der Waals surface area contributed by atoms with Gasteiger partial charge in [-0.05, 0) is 12.1 Å². The number of carbonyl (C=O) groups is 2. The number of fused-ring (bicyclic) bond motifs is 1. The van der Waals surface area contributed by atoms with Crippen LogP contribution in [0.2, 0.25) is 0 Å². The molecule has 0 atom stereocenters. The van der Waals surface area contributed by atoms with Crippen LogP contribution in [0.5, 0.6) is 5.75 Å². The van der Waals surface area contributed by atoms with Crippen LogP contribution in [0.4, 0.5) is 0 Å². The van der Waals surface area contributed by atoms with Crippen molar-refractivity contribution in [2.45, 2.75) is 13.1 Å². The van der Waals surface area contributed by atoms with Gasteiger partial charge in [0.1, 0.15) is 12.3 Å². The quantitative estimate of drug-likeness (QED) is 0.682. The summed E-state index contributed by atoms with van der Waals surface area (Å²) in [7, 11) is 1.53. The van der Waals surface area contributed by atoms with Gasteiger partial charge in [-0.1, -0.05) is 36.4 Å². The molecule has 1 heterocycles. The number of ether oxygens (including phenoxy) is 1. The summed E-state index contributed by atoms with van der Waals surface area (Å²) in [4.78, 5) is 36.2. The predicted octanol–water partition coefficient (Wildman–Crippen LogP) is 1.42. The van der Waals surface area contributed by atoms with Gasteiger partial charge in [-0.3, -0.25) is 9.59 Å². The maximum Gasteiger partial charge on any atom is 0.357 e. The summed E-state index contributed by atoms with van der Waals surface area (Å²) in [6, 6.07) is 13.5. The molecule has 0 aliphatic rings. The number of hydrogen-bond acceptors (Lipinski definition) is 5. The van der Waals surface area contributed by atoms with Crippen molar-refractivity contribution in [1.29, 1.82) is 0 Å². The molecule has 138 valence electrons. The largest absolute Gasteiger partial charge is 0.496 e. The van der Waals surface area contributed by atoms with E-state index in [1.165, 1.54) is 19.2 Å². The summed E-state index contributed by atoms with van der Waals surface area (Å²) >= 11 is 0. The summed E-state index contributed by atoms with van der Waals surface area (Å²) < 4.78 is 6.09. The highest BCUT2D eigenvalue weighted by atomic mass is 16.5. The molecule has 3 rings (SSSR count). The van der Waals surface area contributed by atoms with Crippen LogP contribution in [-0.4, -0.2) is 33.9 Å². The summed E-state index contributed by atoms with van der Waals surface area (Å²) in [5.41, 5.74) is -0.0239. The Morgan fingerprint density at radius 1 is 1.11 bits per heavy atom. The highest BCUT2D eigenvalue weighted by molar-refractivity contribution is 6.01. The van der Waals surface area contributed by atoms with E-state index in [2.05, 4.69) is 10.4 Å². The van der Waals surface area contributed by atoms with Crippen molar-refractivity contribution < 1.29 is 19.4 Å². The van der Waals surface area contributed by atoms with E-state index in [1.54, 1.807) is 18.2 Å². The van der Waals surface area contributed by atoms with Gasteiger partial charge in [0.05, 0.1) is 12.5 Å². The number of carboxylic acid groups (broad SMARTS) is 1. The van der Waals surface area contributed by atoms with Gasteiger partial charge in [-0.2, -0.15) is 5.10 Å². The first-order valence-corrected chi connectivity index (χ1v) is 8.13. The van der Waals surface area contributed by atoms with Gasteiger partial charge < -0.3 is 15.2 Å². The third kappa shape index (κ3) is 3.79. The highest BCUT2D eigenvalue weighted by Gasteiger charge is 2.17. The molecule has 0 spiro atoms. The molecule has 0 fully saturated rings. The zero-order valence-electron chi connectivity index (χ0n) is 14.5. The minimum Gasteiger partial charge on any atom is -0.496 e. The van der Waals surface area contributed by atoms with Gasteiger partial charge in [-0.15, -0.1) is 0 Å².